The zero-order chi connectivity index (χ0) is 15.1. The summed E-state index contributed by atoms with van der Waals surface area (Å²) >= 11 is 0. The van der Waals surface area contributed by atoms with E-state index < -0.39 is 0 Å². The van der Waals surface area contributed by atoms with E-state index in [0.29, 0.717) is 30.9 Å². The third-order valence-electron chi connectivity index (χ3n) is 3.66. The van der Waals surface area contributed by atoms with Crippen molar-refractivity contribution in [3.63, 3.8) is 0 Å². The molecular weight excluding hydrogens is 264 g/mol. The minimum atomic E-state index is 0.567. The third kappa shape index (κ3) is 4.92. The van der Waals surface area contributed by atoms with E-state index in [2.05, 4.69) is 28.7 Å². The molecule has 116 valence electrons. The van der Waals surface area contributed by atoms with Gasteiger partial charge in [0.2, 0.25) is 5.88 Å². The Balaban J connectivity index is 1.87. The number of pyridine rings is 1. The smallest absolute Gasteiger partial charge is 0.213 e. The number of guanidine groups is 1. The van der Waals surface area contributed by atoms with E-state index in [1.807, 2.05) is 12.1 Å². The van der Waals surface area contributed by atoms with E-state index in [4.69, 9.17) is 10.5 Å². The van der Waals surface area contributed by atoms with E-state index >= 15 is 0 Å². The molecule has 0 radical (unpaired) electrons. The number of aliphatic imine (C=N–C) groups is 1. The van der Waals surface area contributed by atoms with Crippen LogP contribution in [-0.4, -0.2) is 35.5 Å². The number of nitrogens with zero attached hydrogens (tertiary/aromatic N) is 3. The fourth-order valence-corrected chi connectivity index (χ4v) is 2.47. The average molecular weight is 290 g/mol. The summed E-state index contributed by atoms with van der Waals surface area (Å²) in [6.07, 6.45) is 5.27. The standard InChI is InChI=1S/C16H26N4O/c1-3-9-21-15-7-6-14(10-18-15)11-19-16(17)20-8-4-5-13(2)12-20/h6-7,10,13H,3-5,8-9,11-12H2,1-2H3,(H2,17,19). The zero-order valence-electron chi connectivity index (χ0n) is 13.1. The van der Waals surface area contributed by atoms with E-state index in [1.54, 1.807) is 6.20 Å². The summed E-state index contributed by atoms with van der Waals surface area (Å²) in [7, 11) is 0. The number of rotatable bonds is 5. The minimum Gasteiger partial charge on any atom is -0.478 e. The van der Waals surface area contributed by atoms with Crippen LogP contribution in [0.3, 0.4) is 0 Å². The van der Waals surface area contributed by atoms with Crippen molar-refractivity contribution in [1.82, 2.24) is 9.88 Å². The van der Waals surface area contributed by atoms with Gasteiger partial charge in [0.25, 0.3) is 0 Å². The second kappa shape index (κ2) is 7.86. The average Bonchev–Trinajstić information content (AvgIpc) is 2.51. The summed E-state index contributed by atoms with van der Waals surface area (Å²) in [5, 5.41) is 0. The van der Waals surface area contributed by atoms with Crippen LogP contribution < -0.4 is 10.5 Å². The topological polar surface area (TPSA) is 63.7 Å². The molecule has 2 rings (SSSR count). The van der Waals surface area contributed by atoms with Gasteiger partial charge in [0.05, 0.1) is 13.2 Å². The van der Waals surface area contributed by atoms with E-state index in [0.717, 1.165) is 25.1 Å². The largest absolute Gasteiger partial charge is 0.478 e. The molecule has 1 atom stereocenters. The number of hydrogen-bond donors (Lipinski definition) is 1. The Morgan fingerprint density at radius 3 is 3.05 bits per heavy atom. The molecule has 0 bridgehead atoms. The molecule has 2 N–H and O–H groups in total. The molecule has 1 aromatic heterocycles. The Labute approximate surface area is 127 Å². The number of aromatic nitrogens is 1. The first-order chi connectivity index (χ1) is 10.2. The lowest BCUT2D eigenvalue weighted by molar-refractivity contribution is 0.270. The highest BCUT2D eigenvalue weighted by Gasteiger charge is 2.17. The van der Waals surface area contributed by atoms with Crippen LogP contribution >= 0.6 is 0 Å². The number of nitrogens with two attached hydrogens (primary N) is 1. The number of ether oxygens (including phenoxy) is 1. The van der Waals surface area contributed by atoms with E-state index in [-0.39, 0.29) is 0 Å². The summed E-state index contributed by atoms with van der Waals surface area (Å²) in [6.45, 7) is 7.63. The number of hydrogen-bond acceptors (Lipinski definition) is 3. The van der Waals surface area contributed by atoms with Crippen LogP contribution in [0.5, 0.6) is 5.88 Å². The second-order valence-electron chi connectivity index (χ2n) is 5.72. The fraction of sp³-hybridized carbons (Fsp3) is 0.625. The van der Waals surface area contributed by atoms with Crippen molar-refractivity contribution >= 4 is 5.96 Å². The van der Waals surface area contributed by atoms with Gasteiger partial charge in [0, 0.05) is 25.4 Å². The lowest BCUT2D eigenvalue weighted by Gasteiger charge is -2.31. The van der Waals surface area contributed by atoms with Gasteiger partial charge in [-0.05, 0) is 30.7 Å². The molecule has 1 fully saturated rings. The van der Waals surface area contributed by atoms with Crippen LogP contribution in [-0.2, 0) is 6.54 Å². The molecule has 1 aliphatic rings. The quantitative estimate of drug-likeness (QED) is 0.668. The number of piperidine rings is 1. The molecule has 1 aromatic rings. The zero-order valence-corrected chi connectivity index (χ0v) is 13.1. The van der Waals surface area contributed by atoms with Gasteiger partial charge in [-0.1, -0.05) is 19.9 Å². The van der Waals surface area contributed by atoms with Gasteiger partial charge in [-0.3, -0.25) is 0 Å². The van der Waals surface area contributed by atoms with Crippen LogP contribution in [0.25, 0.3) is 0 Å². The molecule has 5 nitrogen and oxygen atoms in total. The lowest BCUT2D eigenvalue weighted by atomic mass is 10.0. The maximum atomic E-state index is 6.08. The summed E-state index contributed by atoms with van der Waals surface area (Å²) in [6, 6.07) is 3.88. The van der Waals surface area contributed by atoms with Crippen molar-refractivity contribution in [3.05, 3.63) is 23.9 Å². The molecule has 0 aliphatic carbocycles. The fourth-order valence-electron chi connectivity index (χ4n) is 2.47. The van der Waals surface area contributed by atoms with Gasteiger partial charge in [-0.15, -0.1) is 0 Å². The summed E-state index contributed by atoms with van der Waals surface area (Å²) in [5.74, 6) is 2.01. The summed E-state index contributed by atoms with van der Waals surface area (Å²) in [4.78, 5) is 10.9. The van der Waals surface area contributed by atoms with Crippen molar-refractivity contribution in [1.29, 1.82) is 0 Å². The first-order valence-corrected chi connectivity index (χ1v) is 7.81. The highest BCUT2D eigenvalue weighted by Crippen LogP contribution is 2.15. The molecule has 0 aromatic carbocycles. The van der Waals surface area contributed by atoms with Crippen molar-refractivity contribution in [2.45, 2.75) is 39.7 Å². The van der Waals surface area contributed by atoms with Gasteiger partial charge in [-0.2, -0.15) is 0 Å². The minimum absolute atomic E-state index is 0.567. The molecule has 5 heteroatoms. The van der Waals surface area contributed by atoms with Crippen LogP contribution in [0.15, 0.2) is 23.3 Å². The third-order valence-corrected chi connectivity index (χ3v) is 3.66. The normalized spacial score (nSPS) is 19.6. The van der Waals surface area contributed by atoms with Crippen LogP contribution in [0.2, 0.25) is 0 Å². The Morgan fingerprint density at radius 2 is 2.38 bits per heavy atom. The van der Waals surface area contributed by atoms with Crippen LogP contribution in [0, 0.1) is 5.92 Å². The molecule has 0 amide bonds. The van der Waals surface area contributed by atoms with E-state index in [9.17, 15) is 0 Å². The highest BCUT2D eigenvalue weighted by atomic mass is 16.5. The van der Waals surface area contributed by atoms with Crippen molar-refractivity contribution < 1.29 is 4.74 Å². The maximum absolute atomic E-state index is 6.08. The van der Waals surface area contributed by atoms with Crippen LogP contribution in [0.4, 0.5) is 0 Å². The predicted molar refractivity (Wildman–Crippen MR) is 85.3 cm³/mol. The van der Waals surface area contributed by atoms with Gasteiger partial charge in [0.1, 0.15) is 0 Å². The highest BCUT2D eigenvalue weighted by molar-refractivity contribution is 5.78. The molecule has 1 unspecified atom stereocenters. The second-order valence-corrected chi connectivity index (χ2v) is 5.72. The SMILES string of the molecule is CCCOc1ccc(CN=C(N)N2CCCC(C)C2)cn1. The molecule has 21 heavy (non-hydrogen) atoms. The lowest BCUT2D eigenvalue weighted by Crippen LogP contribution is -2.43. The Kier molecular flexibility index (Phi) is 5.84. The molecule has 0 saturated carbocycles. The molecule has 2 heterocycles. The molecule has 1 aliphatic heterocycles. The van der Waals surface area contributed by atoms with E-state index in [1.165, 1.54) is 12.8 Å². The van der Waals surface area contributed by atoms with Gasteiger partial charge in [-0.25, -0.2) is 9.98 Å². The van der Waals surface area contributed by atoms with Crippen molar-refractivity contribution in [3.8, 4) is 5.88 Å². The summed E-state index contributed by atoms with van der Waals surface area (Å²) < 4.78 is 5.46. The molecular formula is C16H26N4O. The molecule has 1 saturated heterocycles. The van der Waals surface area contributed by atoms with Crippen molar-refractivity contribution in [2.75, 3.05) is 19.7 Å². The maximum Gasteiger partial charge on any atom is 0.213 e. The van der Waals surface area contributed by atoms with Crippen LogP contribution in [0.1, 0.15) is 38.7 Å². The first-order valence-electron chi connectivity index (χ1n) is 7.81. The van der Waals surface area contributed by atoms with Gasteiger partial charge >= 0.3 is 0 Å². The Hall–Kier alpha value is -1.78. The van der Waals surface area contributed by atoms with Crippen molar-refractivity contribution in [2.24, 2.45) is 16.6 Å². The van der Waals surface area contributed by atoms with Gasteiger partial charge < -0.3 is 15.4 Å². The monoisotopic (exact) mass is 290 g/mol. The Bertz CT molecular complexity index is 458. The summed E-state index contributed by atoms with van der Waals surface area (Å²) in [5.41, 5.74) is 7.13. The predicted octanol–water partition coefficient (Wildman–Crippen LogP) is 2.42. The molecule has 0 spiro atoms. The first kappa shape index (κ1) is 15.6. The Morgan fingerprint density at radius 1 is 1.52 bits per heavy atom. The number of likely N-dealkylation sites (tertiary alicyclic amines) is 1. The van der Waals surface area contributed by atoms with Gasteiger partial charge in [0.15, 0.2) is 5.96 Å².